The average Bonchev–Trinajstić information content (AvgIpc) is 2.68. The van der Waals surface area contributed by atoms with Gasteiger partial charge in [0.25, 0.3) is 5.91 Å². The van der Waals surface area contributed by atoms with E-state index in [-0.39, 0.29) is 18.2 Å². The SMILES string of the molecule is Cc1c(Cl)cccc1C(=O)N1CC[C@H](N2CCOCC2)[C@H](CCC(=O)O)C1. The second-order valence-electron chi connectivity index (χ2n) is 7.36. The number of likely N-dealkylation sites (tertiary alicyclic amines) is 1. The van der Waals surface area contributed by atoms with E-state index in [1.165, 1.54) is 0 Å². The number of carboxylic acid groups (broad SMARTS) is 1. The van der Waals surface area contributed by atoms with Crippen molar-refractivity contribution in [2.24, 2.45) is 5.92 Å². The van der Waals surface area contributed by atoms with Crippen LogP contribution >= 0.6 is 11.6 Å². The highest BCUT2D eigenvalue weighted by molar-refractivity contribution is 6.31. The number of rotatable bonds is 5. The Hall–Kier alpha value is -1.63. The lowest BCUT2D eigenvalue weighted by molar-refractivity contribution is -0.137. The molecule has 6 nitrogen and oxygen atoms in total. The van der Waals surface area contributed by atoms with Crippen LogP contribution in [0.5, 0.6) is 0 Å². The first-order chi connectivity index (χ1) is 13.0. The van der Waals surface area contributed by atoms with E-state index >= 15 is 0 Å². The maximum Gasteiger partial charge on any atom is 0.303 e. The maximum atomic E-state index is 13.1. The number of benzene rings is 1. The molecule has 0 aliphatic carbocycles. The fourth-order valence-corrected chi connectivity index (χ4v) is 4.37. The van der Waals surface area contributed by atoms with Crippen LogP contribution in [0.2, 0.25) is 5.02 Å². The zero-order chi connectivity index (χ0) is 19.4. The van der Waals surface area contributed by atoms with E-state index < -0.39 is 5.97 Å². The molecule has 0 unspecified atom stereocenters. The Morgan fingerprint density at radius 1 is 1.26 bits per heavy atom. The molecule has 2 saturated heterocycles. The molecule has 1 aromatic rings. The third-order valence-corrected chi connectivity index (χ3v) is 6.13. The topological polar surface area (TPSA) is 70.1 Å². The molecule has 2 heterocycles. The smallest absolute Gasteiger partial charge is 0.303 e. The van der Waals surface area contributed by atoms with E-state index in [1.54, 1.807) is 12.1 Å². The molecular weight excluding hydrogens is 368 g/mol. The summed E-state index contributed by atoms with van der Waals surface area (Å²) in [6, 6.07) is 5.70. The van der Waals surface area contributed by atoms with Crippen molar-refractivity contribution in [1.29, 1.82) is 0 Å². The molecular formula is C20H27ClN2O4. The summed E-state index contributed by atoms with van der Waals surface area (Å²) in [4.78, 5) is 28.4. The summed E-state index contributed by atoms with van der Waals surface area (Å²) in [7, 11) is 0. The Morgan fingerprint density at radius 2 is 2.00 bits per heavy atom. The van der Waals surface area contributed by atoms with Gasteiger partial charge in [-0.3, -0.25) is 14.5 Å². The van der Waals surface area contributed by atoms with Crippen LogP contribution in [0.4, 0.5) is 0 Å². The summed E-state index contributed by atoms with van der Waals surface area (Å²) in [6.07, 6.45) is 1.56. The van der Waals surface area contributed by atoms with Crippen molar-refractivity contribution in [3.8, 4) is 0 Å². The highest BCUT2D eigenvalue weighted by Gasteiger charge is 2.36. The quantitative estimate of drug-likeness (QED) is 0.831. The van der Waals surface area contributed by atoms with E-state index in [9.17, 15) is 9.59 Å². The van der Waals surface area contributed by atoms with Crippen molar-refractivity contribution in [3.63, 3.8) is 0 Å². The van der Waals surface area contributed by atoms with Crippen molar-refractivity contribution >= 4 is 23.5 Å². The van der Waals surface area contributed by atoms with Gasteiger partial charge in [-0.05, 0) is 43.4 Å². The van der Waals surface area contributed by atoms with Crippen LogP contribution in [0.25, 0.3) is 0 Å². The van der Waals surface area contributed by atoms with Crippen molar-refractivity contribution in [2.45, 2.75) is 32.2 Å². The number of nitrogens with zero attached hydrogens (tertiary/aromatic N) is 2. The molecule has 7 heteroatoms. The Labute approximate surface area is 165 Å². The minimum Gasteiger partial charge on any atom is -0.481 e. The zero-order valence-electron chi connectivity index (χ0n) is 15.7. The summed E-state index contributed by atoms with van der Waals surface area (Å²) in [6.45, 7) is 6.29. The van der Waals surface area contributed by atoms with Crippen LogP contribution in [0.15, 0.2) is 18.2 Å². The van der Waals surface area contributed by atoms with Gasteiger partial charge in [-0.25, -0.2) is 0 Å². The van der Waals surface area contributed by atoms with E-state index in [0.29, 0.717) is 49.4 Å². The summed E-state index contributed by atoms with van der Waals surface area (Å²) in [5, 5.41) is 9.72. The summed E-state index contributed by atoms with van der Waals surface area (Å²) >= 11 is 6.18. The van der Waals surface area contributed by atoms with Gasteiger partial charge in [0.2, 0.25) is 0 Å². The van der Waals surface area contributed by atoms with Gasteiger partial charge in [0.15, 0.2) is 0 Å². The van der Waals surface area contributed by atoms with E-state index in [4.69, 9.17) is 21.4 Å². The van der Waals surface area contributed by atoms with Crippen LogP contribution in [0.3, 0.4) is 0 Å². The van der Waals surface area contributed by atoms with Crippen molar-refractivity contribution in [3.05, 3.63) is 34.3 Å². The maximum absolute atomic E-state index is 13.1. The lowest BCUT2D eigenvalue weighted by atomic mass is 9.86. The van der Waals surface area contributed by atoms with E-state index in [0.717, 1.165) is 25.1 Å². The largest absolute Gasteiger partial charge is 0.481 e. The highest BCUT2D eigenvalue weighted by Crippen LogP contribution is 2.29. The number of hydrogen-bond acceptors (Lipinski definition) is 4. The number of aliphatic carboxylic acids is 1. The monoisotopic (exact) mass is 394 g/mol. The van der Waals surface area contributed by atoms with Gasteiger partial charge in [-0.15, -0.1) is 0 Å². The Balaban J connectivity index is 1.74. The molecule has 0 radical (unpaired) electrons. The number of halogens is 1. The molecule has 1 N–H and O–H groups in total. The summed E-state index contributed by atoms with van der Waals surface area (Å²) < 4.78 is 5.45. The fraction of sp³-hybridized carbons (Fsp3) is 0.600. The van der Waals surface area contributed by atoms with Crippen LogP contribution < -0.4 is 0 Å². The molecule has 1 amide bonds. The standard InChI is InChI=1S/C20H27ClN2O4/c1-14-16(3-2-4-17(14)21)20(26)23-8-7-18(22-9-11-27-12-10-22)15(13-23)5-6-19(24)25/h2-4,15,18H,5-13H2,1H3,(H,24,25)/t15-,18+/m1/s1. The zero-order valence-corrected chi connectivity index (χ0v) is 16.5. The third kappa shape index (κ3) is 4.81. The number of morpholine rings is 1. The number of carbonyl (C=O) groups excluding carboxylic acids is 1. The van der Waals surface area contributed by atoms with Crippen LogP contribution in [0, 0.1) is 12.8 Å². The minimum absolute atomic E-state index is 0.0178. The predicted octanol–water partition coefficient (Wildman–Crippen LogP) is 2.68. The molecule has 2 aliphatic heterocycles. The Morgan fingerprint density at radius 3 is 2.70 bits per heavy atom. The van der Waals surface area contributed by atoms with Crippen molar-refractivity contribution < 1.29 is 19.4 Å². The lowest BCUT2D eigenvalue weighted by Crippen LogP contribution is -2.55. The fourth-order valence-electron chi connectivity index (χ4n) is 4.20. The molecule has 148 valence electrons. The first-order valence-corrected chi connectivity index (χ1v) is 9.93. The molecule has 0 spiro atoms. The van der Waals surface area contributed by atoms with Crippen molar-refractivity contribution in [1.82, 2.24) is 9.80 Å². The van der Waals surface area contributed by atoms with Crippen molar-refractivity contribution in [2.75, 3.05) is 39.4 Å². The molecule has 27 heavy (non-hydrogen) atoms. The number of amides is 1. The van der Waals surface area contributed by atoms with Gasteiger partial charge in [0.05, 0.1) is 13.2 Å². The molecule has 1 aromatic carbocycles. The van der Waals surface area contributed by atoms with Crippen LogP contribution in [-0.4, -0.2) is 72.2 Å². The molecule has 2 fully saturated rings. The summed E-state index contributed by atoms with van der Waals surface area (Å²) in [5.41, 5.74) is 1.42. The molecule has 3 rings (SSSR count). The van der Waals surface area contributed by atoms with Crippen LogP contribution in [0.1, 0.15) is 35.2 Å². The molecule has 0 saturated carbocycles. The number of hydrogen-bond donors (Lipinski definition) is 1. The lowest BCUT2D eigenvalue weighted by Gasteiger charge is -2.45. The normalized spacial score (nSPS) is 24.0. The van der Waals surface area contributed by atoms with Gasteiger partial charge < -0.3 is 14.7 Å². The summed E-state index contributed by atoms with van der Waals surface area (Å²) in [5.74, 6) is -0.656. The van der Waals surface area contributed by atoms with Gasteiger partial charge in [0, 0.05) is 49.2 Å². The minimum atomic E-state index is -0.787. The average molecular weight is 395 g/mol. The third-order valence-electron chi connectivity index (χ3n) is 5.72. The second kappa shape index (κ2) is 9.04. The van der Waals surface area contributed by atoms with E-state index in [2.05, 4.69) is 4.90 Å². The van der Waals surface area contributed by atoms with Gasteiger partial charge >= 0.3 is 5.97 Å². The van der Waals surface area contributed by atoms with Gasteiger partial charge in [0.1, 0.15) is 0 Å². The predicted molar refractivity (Wildman–Crippen MR) is 103 cm³/mol. The van der Waals surface area contributed by atoms with E-state index in [1.807, 2.05) is 17.9 Å². The molecule has 2 aliphatic rings. The second-order valence-corrected chi connectivity index (χ2v) is 7.77. The molecule has 2 atom stereocenters. The number of ether oxygens (including phenoxy) is 1. The first kappa shape index (κ1) is 20.1. The van der Waals surface area contributed by atoms with Gasteiger partial charge in [-0.2, -0.15) is 0 Å². The Bertz CT molecular complexity index is 691. The van der Waals surface area contributed by atoms with Crippen LogP contribution in [-0.2, 0) is 9.53 Å². The first-order valence-electron chi connectivity index (χ1n) is 9.55. The number of carboxylic acids is 1. The number of carbonyl (C=O) groups is 2. The molecule has 0 bridgehead atoms. The molecule has 0 aromatic heterocycles. The van der Waals surface area contributed by atoms with Gasteiger partial charge in [-0.1, -0.05) is 17.7 Å². The Kier molecular flexibility index (Phi) is 6.73. The highest BCUT2D eigenvalue weighted by atomic mass is 35.5. The number of piperidine rings is 1.